The number of rotatable bonds is 5. The van der Waals surface area contributed by atoms with Crippen LogP contribution >= 0.6 is 27.5 Å². The Morgan fingerprint density at radius 1 is 1.43 bits per heavy atom. The van der Waals surface area contributed by atoms with Gasteiger partial charge in [-0.2, -0.15) is 0 Å². The second-order valence-electron chi connectivity index (χ2n) is 5.05. The summed E-state index contributed by atoms with van der Waals surface area (Å²) >= 11 is 9.06. The summed E-state index contributed by atoms with van der Waals surface area (Å²) in [6, 6.07) is 2.68. The first-order valence-electron chi connectivity index (χ1n) is 6.39. The Morgan fingerprint density at radius 2 is 2.00 bits per heavy atom. The zero-order valence-corrected chi connectivity index (χ0v) is 15.2. The highest BCUT2D eigenvalue weighted by atomic mass is 79.9. The highest BCUT2D eigenvalue weighted by molar-refractivity contribution is 9.10. The van der Waals surface area contributed by atoms with E-state index in [4.69, 9.17) is 16.7 Å². The normalized spacial score (nSPS) is 11.8. The van der Waals surface area contributed by atoms with Gasteiger partial charge in [0.15, 0.2) is 0 Å². The van der Waals surface area contributed by atoms with E-state index in [9.17, 15) is 13.2 Å². The highest BCUT2D eigenvalue weighted by Crippen LogP contribution is 2.31. The monoisotopic (exact) mass is 396 g/mol. The minimum absolute atomic E-state index is 0.130. The maximum atomic E-state index is 12.5. The second-order valence-corrected chi connectivity index (χ2v) is 7.78. The van der Waals surface area contributed by atoms with Crippen LogP contribution in [-0.2, 0) is 10.0 Å². The molecule has 1 amide bonds. The van der Waals surface area contributed by atoms with Crippen LogP contribution in [0.4, 0.5) is 0 Å². The van der Waals surface area contributed by atoms with Gasteiger partial charge in [-0.15, -0.1) is 0 Å². The number of nitrogens with two attached hydrogens (primary N) is 1. The minimum atomic E-state index is -3.97. The van der Waals surface area contributed by atoms with Crippen molar-refractivity contribution in [3.63, 3.8) is 0 Å². The average Bonchev–Trinajstić information content (AvgIpc) is 2.36. The molecule has 0 aliphatic carbocycles. The van der Waals surface area contributed by atoms with E-state index in [0.29, 0.717) is 19.0 Å². The molecule has 0 saturated carbocycles. The summed E-state index contributed by atoms with van der Waals surface area (Å²) in [6.45, 7) is 6.96. The van der Waals surface area contributed by atoms with Crippen molar-refractivity contribution < 1.29 is 13.2 Å². The fraction of sp³-hybridized carbons (Fsp3) is 0.462. The molecule has 0 aromatic heterocycles. The predicted octanol–water partition coefficient (Wildman–Crippen LogP) is 2.87. The van der Waals surface area contributed by atoms with Gasteiger partial charge >= 0.3 is 0 Å². The summed E-state index contributed by atoms with van der Waals surface area (Å²) in [6.07, 6.45) is 0. The van der Waals surface area contributed by atoms with Gasteiger partial charge in [0.05, 0.1) is 14.4 Å². The molecule has 1 rings (SSSR count). The van der Waals surface area contributed by atoms with E-state index >= 15 is 0 Å². The van der Waals surface area contributed by atoms with Gasteiger partial charge in [-0.3, -0.25) is 4.79 Å². The van der Waals surface area contributed by atoms with Crippen LogP contribution in [0.15, 0.2) is 21.5 Å². The summed E-state index contributed by atoms with van der Waals surface area (Å²) in [5.74, 6) is 0.0306. The summed E-state index contributed by atoms with van der Waals surface area (Å²) in [5.41, 5.74) is 0.203. The van der Waals surface area contributed by atoms with E-state index < -0.39 is 10.0 Å². The van der Waals surface area contributed by atoms with Gasteiger partial charge in [0.25, 0.3) is 5.91 Å². The molecule has 0 unspecified atom stereocenters. The van der Waals surface area contributed by atoms with Crippen LogP contribution in [-0.4, -0.2) is 32.3 Å². The van der Waals surface area contributed by atoms with Crippen molar-refractivity contribution in [3.05, 3.63) is 27.2 Å². The number of carbonyl (C=O) groups is 1. The maximum Gasteiger partial charge on any atom is 0.253 e. The van der Waals surface area contributed by atoms with Crippen molar-refractivity contribution in [2.45, 2.75) is 25.7 Å². The molecule has 2 N–H and O–H groups in total. The number of carbonyl (C=O) groups excluding carboxylic acids is 1. The molecular formula is C13H18BrClN2O3S. The molecule has 0 spiro atoms. The van der Waals surface area contributed by atoms with Gasteiger partial charge in [-0.05, 0) is 40.9 Å². The molecular weight excluding hydrogens is 380 g/mol. The molecule has 0 radical (unpaired) electrons. The molecule has 0 fully saturated rings. The van der Waals surface area contributed by atoms with Gasteiger partial charge in [-0.1, -0.05) is 25.4 Å². The Hall–Kier alpha value is -0.630. The van der Waals surface area contributed by atoms with Gasteiger partial charge in [0.2, 0.25) is 10.0 Å². The molecule has 118 valence electrons. The van der Waals surface area contributed by atoms with Gasteiger partial charge in [-0.25, -0.2) is 13.6 Å². The third-order valence-electron chi connectivity index (χ3n) is 2.80. The van der Waals surface area contributed by atoms with Crippen LogP contribution in [0.3, 0.4) is 0 Å². The summed E-state index contributed by atoms with van der Waals surface area (Å²) < 4.78 is 23.3. The zero-order valence-electron chi connectivity index (χ0n) is 12.1. The molecule has 21 heavy (non-hydrogen) atoms. The lowest BCUT2D eigenvalue weighted by molar-refractivity contribution is 0.0745. The summed E-state index contributed by atoms with van der Waals surface area (Å²) in [5, 5.41) is 5.27. The maximum absolute atomic E-state index is 12.5. The van der Waals surface area contributed by atoms with Gasteiger partial charge < -0.3 is 4.90 Å². The molecule has 0 aliphatic rings. The van der Waals surface area contributed by atoms with E-state index in [1.165, 1.54) is 12.1 Å². The van der Waals surface area contributed by atoms with E-state index in [1.54, 1.807) is 4.90 Å². The van der Waals surface area contributed by atoms with Crippen molar-refractivity contribution in [2.75, 3.05) is 13.1 Å². The van der Waals surface area contributed by atoms with Crippen LogP contribution in [0.25, 0.3) is 0 Å². The molecule has 0 saturated heterocycles. The number of halogens is 2. The average molecular weight is 398 g/mol. The molecule has 5 nitrogen and oxygen atoms in total. The van der Waals surface area contributed by atoms with Crippen molar-refractivity contribution in [1.82, 2.24) is 4.90 Å². The number of hydrogen-bond donors (Lipinski definition) is 1. The Morgan fingerprint density at radius 3 is 2.43 bits per heavy atom. The number of primary sulfonamides is 1. The molecule has 0 aliphatic heterocycles. The molecule has 8 heteroatoms. The molecule has 1 aromatic carbocycles. The number of nitrogens with zero attached hydrogens (tertiary/aromatic N) is 1. The number of benzene rings is 1. The smallest absolute Gasteiger partial charge is 0.253 e. The zero-order chi connectivity index (χ0) is 16.4. The van der Waals surface area contributed by atoms with Crippen LogP contribution in [0, 0.1) is 5.92 Å². The van der Waals surface area contributed by atoms with Crippen LogP contribution in [0.1, 0.15) is 31.1 Å². The largest absolute Gasteiger partial charge is 0.339 e. The first kappa shape index (κ1) is 18.4. The molecule has 1 aromatic rings. The van der Waals surface area contributed by atoms with Gasteiger partial charge in [0, 0.05) is 18.7 Å². The standard InChI is InChI=1S/C13H18BrClN2O3S/c1-4-17(7-8(2)3)13(18)9-5-10(15)12(14)11(6-9)21(16,19)20/h5-6,8H,4,7H2,1-3H3,(H2,16,19,20). The predicted molar refractivity (Wildman–Crippen MR) is 86.9 cm³/mol. The molecule has 0 heterocycles. The van der Waals surface area contributed by atoms with E-state index in [2.05, 4.69) is 15.9 Å². The van der Waals surface area contributed by atoms with Crippen molar-refractivity contribution in [2.24, 2.45) is 11.1 Å². The third kappa shape index (κ3) is 4.67. The Balaban J connectivity index is 3.31. The molecule has 0 bridgehead atoms. The SMILES string of the molecule is CCN(CC(C)C)C(=O)c1cc(Cl)c(Br)c(S(N)(=O)=O)c1. The first-order chi connectivity index (χ1) is 9.57. The third-order valence-corrected chi connectivity index (χ3v) is 5.38. The van der Waals surface area contributed by atoms with E-state index in [-0.39, 0.29) is 25.9 Å². The van der Waals surface area contributed by atoms with E-state index in [0.717, 1.165) is 0 Å². The number of hydrogen-bond acceptors (Lipinski definition) is 3. The Labute approximate surface area is 138 Å². The van der Waals surface area contributed by atoms with Crippen molar-refractivity contribution in [3.8, 4) is 0 Å². The number of sulfonamides is 1. The second kappa shape index (κ2) is 7.09. The lowest BCUT2D eigenvalue weighted by atomic mass is 10.1. The van der Waals surface area contributed by atoms with Crippen LogP contribution in [0.5, 0.6) is 0 Å². The summed E-state index contributed by atoms with van der Waals surface area (Å²) in [7, 11) is -3.97. The lowest BCUT2D eigenvalue weighted by Gasteiger charge is -2.23. The van der Waals surface area contributed by atoms with Crippen molar-refractivity contribution >= 4 is 43.5 Å². The fourth-order valence-corrected chi connectivity index (χ4v) is 3.71. The Bertz CT molecular complexity index is 647. The fourth-order valence-electron chi connectivity index (χ4n) is 1.87. The minimum Gasteiger partial charge on any atom is -0.339 e. The van der Waals surface area contributed by atoms with Crippen LogP contribution < -0.4 is 5.14 Å². The topological polar surface area (TPSA) is 80.5 Å². The summed E-state index contributed by atoms with van der Waals surface area (Å²) in [4.78, 5) is 13.9. The van der Waals surface area contributed by atoms with Gasteiger partial charge in [0.1, 0.15) is 0 Å². The lowest BCUT2D eigenvalue weighted by Crippen LogP contribution is -2.34. The Kier molecular flexibility index (Phi) is 6.22. The first-order valence-corrected chi connectivity index (χ1v) is 9.10. The quantitative estimate of drug-likeness (QED) is 0.829. The van der Waals surface area contributed by atoms with E-state index in [1.807, 2.05) is 20.8 Å². The molecule has 0 atom stereocenters. The van der Waals surface area contributed by atoms with Crippen molar-refractivity contribution in [1.29, 1.82) is 0 Å². The van der Waals surface area contributed by atoms with Crippen LogP contribution in [0.2, 0.25) is 5.02 Å². The highest BCUT2D eigenvalue weighted by Gasteiger charge is 2.22. The number of amides is 1.